The summed E-state index contributed by atoms with van der Waals surface area (Å²) in [7, 11) is 1.48. The van der Waals surface area contributed by atoms with Crippen LogP contribution in [0.1, 0.15) is 29.8 Å². The van der Waals surface area contributed by atoms with E-state index in [0.717, 1.165) is 19.3 Å². The predicted octanol–water partition coefficient (Wildman–Crippen LogP) is 1.95. The zero-order valence-corrected chi connectivity index (χ0v) is 20.7. The smallest absolute Gasteiger partial charge is 0.318 e. The molecule has 0 radical (unpaired) electrons. The number of benzene rings is 1. The molecule has 5 rings (SSSR count). The quantitative estimate of drug-likeness (QED) is 0.360. The monoisotopic (exact) mass is 524 g/mol. The molecule has 2 bridgehead atoms. The standard InChI is InChI=1S/C24H25ClN8O4/c1-27-24(37)28-13-6-8-16-15(10-13)20(22(26)35)31-32(16)11-19(34)33-14-7-5-12(9-14)21(33)23(36)30-18-4-2-3-17(25)29-18/h2-4,6,8,10,12,14,21H,5,7,9,11H2,1H3,(H2,26,35)(H2,27,28,37)(H,29,30,36)/t12-,14+,21-/m0/s1. The molecule has 0 unspecified atom stereocenters. The Morgan fingerprint density at radius 3 is 2.68 bits per heavy atom. The van der Waals surface area contributed by atoms with Crippen molar-refractivity contribution in [2.75, 3.05) is 17.7 Å². The molecule has 3 heterocycles. The van der Waals surface area contributed by atoms with Crippen molar-refractivity contribution in [2.24, 2.45) is 11.7 Å². The average Bonchev–Trinajstić information content (AvgIpc) is 3.57. The Morgan fingerprint density at radius 1 is 1.14 bits per heavy atom. The number of piperidine rings is 1. The molecule has 1 aromatic carbocycles. The number of amides is 5. The molecule has 3 atom stereocenters. The van der Waals surface area contributed by atoms with E-state index in [1.54, 1.807) is 41.3 Å². The first-order chi connectivity index (χ1) is 17.7. The summed E-state index contributed by atoms with van der Waals surface area (Å²) in [6, 6.07) is 8.66. The molecule has 0 spiro atoms. The fourth-order valence-corrected chi connectivity index (χ4v) is 5.49. The van der Waals surface area contributed by atoms with Crippen molar-refractivity contribution in [3.63, 3.8) is 0 Å². The maximum atomic E-state index is 13.6. The Bertz CT molecular complexity index is 1420. The van der Waals surface area contributed by atoms with Gasteiger partial charge in [0.15, 0.2) is 5.69 Å². The van der Waals surface area contributed by atoms with Crippen LogP contribution < -0.4 is 21.7 Å². The van der Waals surface area contributed by atoms with Crippen LogP contribution in [-0.2, 0) is 16.1 Å². The number of nitrogens with zero attached hydrogens (tertiary/aromatic N) is 4. The van der Waals surface area contributed by atoms with E-state index in [-0.39, 0.29) is 41.2 Å². The Balaban J connectivity index is 1.41. The number of hydrogen-bond donors (Lipinski definition) is 4. The molecule has 1 aliphatic carbocycles. The molecule has 5 amide bonds. The van der Waals surface area contributed by atoms with Gasteiger partial charge in [0.25, 0.3) is 5.91 Å². The lowest BCUT2D eigenvalue weighted by Crippen LogP contribution is -2.52. The van der Waals surface area contributed by atoms with Gasteiger partial charge < -0.3 is 26.6 Å². The summed E-state index contributed by atoms with van der Waals surface area (Å²) >= 11 is 5.94. The number of pyridine rings is 1. The summed E-state index contributed by atoms with van der Waals surface area (Å²) < 4.78 is 1.40. The van der Waals surface area contributed by atoms with Crippen molar-refractivity contribution in [3.8, 4) is 0 Å². The van der Waals surface area contributed by atoms with Crippen LogP contribution in [-0.4, -0.2) is 62.5 Å². The summed E-state index contributed by atoms with van der Waals surface area (Å²) in [6.45, 7) is -0.186. The zero-order chi connectivity index (χ0) is 26.3. The number of hydrogen-bond acceptors (Lipinski definition) is 6. The van der Waals surface area contributed by atoms with Gasteiger partial charge in [-0.2, -0.15) is 5.10 Å². The molecule has 12 nitrogen and oxygen atoms in total. The van der Waals surface area contributed by atoms with Crippen molar-refractivity contribution in [3.05, 3.63) is 47.2 Å². The van der Waals surface area contributed by atoms with E-state index in [9.17, 15) is 19.2 Å². The molecule has 1 aliphatic heterocycles. The van der Waals surface area contributed by atoms with Crippen LogP contribution in [0, 0.1) is 5.92 Å². The maximum absolute atomic E-state index is 13.6. The van der Waals surface area contributed by atoms with E-state index >= 15 is 0 Å². The third-order valence-corrected chi connectivity index (χ3v) is 7.07. The van der Waals surface area contributed by atoms with Gasteiger partial charge >= 0.3 is 6.03 Å². The van der Waals surface area contributed by atoms with Gasteiger partial charge in [-0.3, -0.25) is 19.1 Å². The first kappa shape index (κ1) is 24.5. The number of nitrogens with one attached hydrogen (secondary N) is 3. The molecule has 1 saturated carbocycles. The Labute approximate surface area is 216 Å². The van der Waals surface area contributed by atoms with Crippen molar-refractivity contribution >= 4 is 57.8 Å². The zero-order valence-electron chi connectivity index (χ0n) is 19.9. The highest BCUT2D eigenvalue weighted by molar-refractivity contribution is 6.29. The Morgan fingerprint density at radius 2 is 1.95 bits per heavy atom. The lowest BCUT2D eigenvalue weighted by atomic mass is 9.97. The van der Waals surface area contributed by atoms with Gasteiger partial charge in [0, 0.05) is 24.2 Å². The number of fused-ring (bicyclic) bond motifs is 3. The van der Waals surface area contributed by atoms with Crippen LogP contribution in [0.4, 0.5) is 16.3 Å². The van der Waals surface area contributed by atoms with E-state index in [4.69, 9.17) is 17.3 Å². The molecule has 2 fully saturated rings. The van der Waals surface area contributed by atoms with Crippen molar-refractivity contribution < 1.29 is 19.2 Å². The average molecular weight is 525 g/mol. The number of carbonyl (C=O) groups is 4. The second-order valence-electron chi connectivity index (χ2n) is 9.11. The molecular formula is C24H25ClN8O4. The molecule has 3 aromatic rings. The molecule has 37 heavy (non-hydrogen) atoms. The molecular weight excluding hydrogens is 500 g/mol. The van der Waals surface area contributed by atoms with Gasteiger partial charge in [-0.1, -0.05) is 17.7 Å². The van der Waals surface area contributed by atoms with Crippen LogP contribution >= 0.6 is 11.6 Å². The minimum Gasteiger partial charge on any atom is -0.364 e. The highest BCUT2D eigenvalue weighted by atomic mass is 35.5. The van der Waals surface area contributed by atoms with E-state index in [2.05, 4.69) is 26.0 Å². The Hall–Kier alpha value is -4.19. The van der Waals surface area contributed by atoms with E-state index in [1.807, 2.05) is 0 Å². The SMILES string of the molecule is CNC(=O)Nc1ccc2c(c1)c(C(N)=O)nn2CC(=O)N1[C@@H]2CC[C@@H](C2)[C@H]1C(=O)Nc1cccc(Cl)n1. The van der Waals surface area contributed by atoms with Gasteiger partial charge in [0.05, 0.1) is 5.52 Å². The van der Waals surface area contributed by atoms with E-state index < -0.39 is 18.0 Å². The normalized spacial score (nSPS) is 20.2. The highest BCUT2D eigenvalue weighted by Crippen LogP contribution is 2.43. The van der Waals surface area contributed by atoms with Crippen LogP contribution in [0.25, 0.3) is 10.9 Å². The third kappa shape index (κ3) is 4.67. The molecule has 192 valence electrons. The number of aromatic nitrogens is 3. The number of anilines is 2. The number of rotatable bonds is 6. The molecule has 2 aliphatic rings. The number of halogens is 1. The maximum Gasteiger partial charge on any atom is 0.318 e. The molecule has 1 saturated heterocycles. The minimum absolute atomic E-state index is 0.0207. The highest BCUT2D eigenvalue weighted by Gasteiger charge is 2.51. The number of primary amides is 1. The second kappa shape index (κ2) is 9.69. The van der Waals surface area contributed by atoms with Crippen LogP contribution in [0.2, 0.25) is 5.15 Å². The van der Waals surface area contributed by atoms with Crippen LogP contribution in [0.15, 0.2) is 36.4 Å². The largest absolute Gasteiger partial charge is 0.364 e. The number of carbonyl (C=O) groups excluding carboxylic acids is 4. The van der Waals surface area contributed by atoms with Gasteiger partial charge in [0.2, 0.25) is 11.8 Å². The number of urea groups is 1. The topological polar surface area (TPSA) is 164 Å². The molecule has 2 aromatic heterocycles. The first-order valence-corrected chi connectivity index (χ1v) is 12.2. The van der Waals surface area contributed by atoms with E-state index in [0.29, 0.717) is 22.4 Å². The third-order valence-electron chi connectivity index (χ3n) is 6.86. The summed E-state index contributed by atoms with van der Waals surface area (Å²) in [5.74, 6) is -1.01. The van der Waals surface area contributed by atoms with Crippen LogP contribution in [0.5, 0.6) is 0 Å². The summed E-state index contributed by atoms with van der Waals surface area (Å²) in [5.41, 5.74) is 6.45. The number of likely N-dealkylation sites (tertiary alicyclic amines) is 1. The lowest BCUT2D eigenvalue weighted by molar-refractivity contribution is -0.141. The molecule has 5 N–H and O–H groups in total. The fourth-order valence-electron chi connectivity index (χ4n) is 5.33. The van der Waals surface area contributed by atoms with Gasteiger partial charge in [-0.25, -0.2) is 9.78 Å². The number of nitrogens with two attached hydrogens (primary N) is 1. The summed E-state index contributed by atoms with van der Waals surface area (Å²) in [6.07, 6.45) is 2.41. The fraction of sp³-hybridized carbons (Fsp3) is 0.333. The lowest BCUT2D eigenvalue weighted by Gasteiger charge is -2.34. The Kier molecular flexibility index (Phi) is 6.42. The van der Waals surface area contributed by atoms with Crippen molar-refractivity contribution in [1.82, 2.24) is 25.0 Å². The summed E-state index contributed by atoms with van der Waals surface area (Å²) in [4.78, 5) is 56.3. The van der Waals surface area contributed by atoms with Crippen LogP contribution in [0.3, 0.4) is 0 Å². The van der Waals surface area contributed by atoms with Crippen molar-refractivity contribution in [2.45, 2.75) is 37.9 Å². The van der Waals surface area contributed by atoms with Gasteiger partial charge in [0.1, 0.15) is 23.6 Å². The first-order valence-electron chi connectivity index (χ1n) is 11.8. The predicted molar refractivity (Wildman–Crippen MR) is 136 cm³/mol. The van der Waals surface area contributed by atoms with Crippen molar-refractivity contribution in [1.29, 1.82) is 0 Å². The summed E-state index contributed by atoms with van der Waals surface area (Å²) in [5, 5.41) is 12.8. The minimum atomic E-state index is -0.764. The molecule has 13 heteroatoms. The van der Waals surface area contributed by atoms with E-state index in [1.165, 1.54) is 11.7 Å². The van der Waals surface area contributed by atoms with Gasteiger partial charge in [-0.05, 0) is 55.5 Å². The van der Waals surface area contributed by atoms with Gasteiger partial charge in [-0.15, -0.1) is 0 Å². The second-order valence-corrected chi connectivity index (χ2v) is 9.50.